The molecule has 1 fully saturated rings. The Balaban J connectivity index is 1.97. The normalized spacial score (nSPS) is 15.3. The molecular formula is C18H27NO2. The molecule has 0 amide bonds. The van der Waals surface area contributed by atoms with Crippen LogP contribution in [0.4, 0.5) is 0 Å². The molecule has 1 heterocycles. The van der Waals surface area contributed by atoms with E-state index >= 15 is 0 Å². The van der Waals surface area contributed by atoms with Gasteiger partial charge in [0.05, 0.1) is 12.2 Å². The van der Waals surface area contributed by atoms with Crippen LogP contribution in [0.3, 0.4) is 0 Å². The zero-order chi connectivity index (χ0) is 15.1. The van der Waals surface area contributed by atoms with Crippen LogP contribution in [0.5, 0.6) is 5.75 Å². The van der Waals surface area contributed by atoms with E-state index in [1.165, 1.54) is 12.8 Å². The van der Waals surface area contributed by atoms with Crippen molar-refractivity contribution in [3.63, 3.8) is 0 Å². The van der Waals surface area contributed by atoms with Gasteiger partial charge in [-0.15, -0.1) is 0 Å². The van der Waals surface area contributed by atoms with Crippen molar-refractivity contribution >= 4 is 5.78 Å². The van der Waals surface area contributed by atoms with Crippen LogP contribution >= 0.6 is 0 Å². The van der Waals surface area contributed by atoms with Crippen molar-refractivity contribution in [3.05, 3.63) is 29.3 Å². The molecule has 1 aromatic carbocycles. The predicted molar refractivity (Wildman–Crippen MR) is 86.2 cm³/mol. The van der Waals surface area contributed by atoms with Gasteiger partial charge in [0.25, 0.3) is 0 Å². The number of benzene rings is 1. The smallest absolute Gasteiger partial charge is 0.167 e. The van der Waals surface area contributed by atoms with E-state index in [1.807, 2.05) is 25.1 Å². The number of hydrogen-bond donors (Lipinski definition) is 0. The summed E-state index contributed by atoms with van der Waals surface area (Å²) in [5, 5.41) is 0. The number of carbonyl (C=O) groups excluding carboxylic acids is 1. The summed E-state index contributed by atoms with van der Waals surface area (Å²) in [6.45, 7) is 8.00. The molecular weight excluding hydrogens is 262 g/mol. The van der Waals surface area contributed by atoms with Crippen LogP contribution in [0, 0.1) is 6.92 Å². The lowest BCUT2D eigenvalue weighted by molar-refractivity contribution is 0.0964. The van der Waals surface area contributed by atoms with Crippen LogP contribution in [-0.4, -0.2) is 36.9 Å². The van der Waals surface area contributed by atoms with Crippen LogP contribution in [-0.2, 0) is 0 Å². The molecule has 21 heavy (non-hydrogen) atoms. The number of hydrogen-bond acceptors (Lipinski definition) is 3. The highest BCUT2D eigenvalue weighted by Crippen LogP contribution is 2.22. The van der Waals surface area contributed by atoms with Crippen LogP contribution in [0.15, 0.2) is 18.2 Å². The molecule has 3 heteroatoms. The van der Waals surface area contributed by atoms with Crippen molar-refractivity contribution in [2.75, 3.05) is 26.2 Å². The van der Waals surface area contributed by atoms with E-state index in [0.717, 1.165) is 49.4 Å². The molecule has 0 saturated carbocycles. The summed E-state index contributed by atoms with van der Waals surface area (Å²) in [7, 11) is 0. The first-order valence-corrected chi connectivity index (χ1v) is 8.19. The quantitative estimate of drug-likeness (QED) is 0.538. The first-order chi connectivity index (χ1) is 10.2. The highest BCUT2D eigenvalue weighted by Gasteiger charge is 2.16. The van der Waals surface area contributed by atoms with E-state index in [9.17, 15) is 4.79 Å². The van der Waals surface area contributed by atoms with E-state index in [2.05, 4.69) is 11.8 Å². The van der Waals surface area contributed by atoms with Gasteiger partial charge in [0.2, 0.25) is 0 Å². The Bertz CT molecular complexity index is 464. The number of likely N-dealkylation sites (tertiary alicyclic amines) is 1. The number of ketones is 1. The zero-order valence-electron chi connectivity index (χ0n) is 13.4. The first-order valence-electron chi connectivity index (χ1n) is 8.19. The van der Waals surface area contributed by atoms with Gasteiger partial charge in [0.15, 0.2) is 5.78 Å². The summed E-state index contributed by atoms with van der Waals surface area (Å²) in [6.07, 6.45) is 5.25. The van der Waals surface area contributed by atoms with E-state index in [4.69, 9.17) is 4.74 Å². The Kier molecular flexibility index (Phi) is 6.24. The van der Waals surface area contributed by atoms with Crippen LogP contribution in [0.25, 0.3) is 0 Å². The SMILES string of the molecule is CCCCOc1ccc(C)cc1C(=O)CCN1CCCC1. The molecule has 0 spiro atoms. The molecule has 1 aliphatic rings. The Labute approximate surface area is 128 Å². The summed E-state index contributed by atoms with van der Waals surface area (Å²) < 4.78 is 5.79. The Morgan fingerprint density at radius 2 is 2.05 bits per heavy atom. The third-order valence-electron chi connectivity index (χ3n) is 4.04. The number of carbonyl (C=O) groups is 1. The molecule has 0 aliphatic carbocycles. The third kappa shape index (κ3) is 4.85. The van der Waals surface area contributed by atoms with Crippen molar-refractivity contribution < 1.29 is 9.53 Å². The van der Waals surface area contributed by atoms with E-state index in [-0.39, 0.29) is 5.78 Å². The monoisotopic (exact) mass is 289 g/mol. The minimum atomic E-state index is 0.206. The van der Waals surface area contributed by atoms with Crippen LogP contribution < -0.4 is 4.74 Å². The molecule has 0 unspecified atom stereocenters. The van der Waals surface area contributed by atoms with Crippen molar-refractivity contribution in [1.29, 1.82) is 0 Å². The van der Waals surface area contributed by atoms with Gasteiger partial charge < -0.3 is 9.64 Å². The van der Waals surface area contributed by atoms with Gasteiger partial charge in [-0.2, -0.15) is 0 Å². The molecule has 1 aromatic rings. The largest absolute Gasteiger partial charge is 0.493 e. The first kappa shape index (κ1) is 16.0. The molecule has 0 N–H and O–H groups in total. The Hall–Kier alpha value is -1.35. The van der Waals surface area contributed by atoms with Crippen molar-refractivity contribution in [2.45, 2.75) is 46.0 Å². The Morgan fingerprint density at radius 1 is 1.29 bits per heavy atom. The molecule has 0 atom stereocenters. The summed E-state index contributed by atoms with van der Waals surface area (Å²) in [5.74, 6) is 0.956. The molecule has 1 saturated heterocycles. The minimum Gasteiger partial charge on any atom is -0.493 e. The molecule has 1 aliphatic heterocycles. The van der Waals surface area contributed by atoms with Gasteiger partial charge in [-0.1, -0.05) is 25.0 Å². The van der Waals surface area contributed by atoms with Crippen LogP contribution in [0.2, 0.25) is 0 Å². The number of Topliss-reactive ketones (excluding diaryl/α,β-unsaturated/α-hetero) is 1. The maximum atomic E-state index is 12.5. The maximum Gasteiger partial charge on any atom is 0.167 e. The topological polar surface area (TPSA) is 29.5 Å². The summed E-state index contributed by atoms with van der Waals surface area (Å²) in [5.41, 5.74) is 1.87. The fourth-order valence-corrected chi connectivity index (χ4v) is 2.71. The highest BCUT2D eigenvalue weighted by molar-refractivity contribution is 5.99. The van der Waals surface area contributed by atoms with E-state index in [0.29, 0.717) is 13.0 Å². The van der Waals surface area contributed by atoms with Gasteiger partial charge in [-0.3, -0.25) is 4.79 Å². The molecule has 2 rings (SSSR count). The van der Waals surface area contributed by atoms with E-state index in [1.54, 1.807) is 0 Å². The van der Waals surface area contributed by atoms with Gasteiger partial charge in [0.1, 0.15) is 5.75 Å². The highest BCUT2D eigenvalue weighted by atomic mass is 16.5. The number of nitrogens with zero attached hydrogens (tertiary/aromatic N) is 1. The van der Waals surface area contributed by atoms with Gasteiger partial charge in [-0.25, -0.2) is 0 Å². The lowest BCUT2D eigenvalue weighted by Gasteiger charge is -2.15. The molecule has 0 radical (unpaired) electrons. The van der Waals surface area contributed by atoms with Crippen LogP contribution in [0.1, 0.15) is 54.9 Å². The molecule has 0 bridgehead atoms. The van der Waals surface area contributed by atoms with Gasteiger partial charge in [-0.05, 0) is 51.4 Å². The Morgan fingerprint density at radius 3 is 2.76 bits per heavy atom. The van der Waals surface area contributed by atoms with Crippen molar-refractivity contribution in [3.8, 4) is 5.75 Å². The average Bonchev–Trinajstić information content (AvgIpc) is 3.00. The summed E-state index contributed by atoms with van der Waals surface area (Å²) in [6, 6.07) is 5.92. The summed E-state index contributed by atoms with van der Waals surface area (Å²) in [4.78, 5) is 14.9. The second kappa shape index (κ2) is 8.18. The van der Waals surface area contributed by atoms with Crippen molar-refractivity contribution in [1.82, 2.24) is 4.90 Å². The molecule has 116 valence electrons. The molecule has 3 nitrogen and oxygen atoms in total. The van der Waals surface area contributed by atoms with Gasteiger partial charge >= 0.3 is 0 Å². The number of rotatable bonds is 8. The number of aryl methyl sites for hydroxylation is 1. The second-order valence-electron chi connectivity index (χ2n) is 5.92. The summed E-state index contributed by atoms with van der Waals surface area (Å²) >= 11 is 0. The third-order valence-corrected chi connectivity index (χ3v) is 4.04. The standard InChI is InChI=1S/C18H27NO2/c1-3-4-13-21-18-8-7-15(2)14-16(18)17(20)9-12-19-10-5-6-11-19/h7-8,14H,3-6,9-13H2,1-2H3. The fraction of sp³-hybridized carbons (Fsp3) is 0.611. The van der Waals surface area contributed by atoms with Crippen molar-refractivity contribution in [2.24, 2.45) is 0 Å². The zero-order valence-corrected chi connectivity index (χ0v) is 13.4. The number of unbranched alkanes of at least 4 members (excludes halogenated alkanes) is 1. The van der Waals surface area contributed by atoms with Gasteiger partial charge in [0, 0.05) is 13.0 Å². The van der Waals surface area contributed by atoms with E-state index < -0.39 is 0 Å². The maximum absolute atomic E-state index is 12.5. The number of ether oxygens (including phenoxy) is 1. The molecule has 0 aromatic heterocycles. The predicted octanol–water partition coefficient (Wildman–Crippen LogP) is 3.84. The average molecular weight is 289 g/mol. The lowest BCUT2D eigenvalue weighted by atomic mass is 10.0. The minimum absolute atomic E-state index is 0.206. The lowest BCUT2D eigenvalue weighted by Crippen LogP contribution is -2.22. The fourth-order valence-electron chi connectivity index (χ4n) is 2.71. The second-order valence-corrected chi connectivity index (χ2v) is 5.92.